The van der Waals surface area contributed by atoms with Gasteiger partial charge in [-0.25, -0.2) is 5.43 Å². The molecule has 3 rings (SSSR count). The number of rotatable bonds is 12. The summed E-state index contributed by atoms with van der Waals surface area (Å²) >= 11 is 0. The van der Waals surface area contributed by atoms with Crippen LogP contribution in [0.2, 0.25) is 0 Å². The second-order valence-corrected chi connectivity index (χ2v) is 8.05. The number of ether oxygens (including phenoxy) is 4. The van der Waals surface area contributed by atoms with Crippen LogP contribution < -0.4 is 10.9 Å². The highest BCUT2D eigenvalue weighted by molar-refractivity contribution is 5.82. The zero-order valence-electron chi connectivity index (χ0n) is 20.4. The van der Waals surface area contributed by atoms with Crippen molar-refractivity contribution in [2.45, 2.75) is 51.1 Å². The van der Waals surface area contributed by atoms with Crippen molar-refractivity contribution < 1.29 is 23.6 Å². The van der Waals surface area contributed by atoms with Crippen molar-refractivity contribution in [2.24, 2.45) is 0 Å². The summed E-state index contributed by atoms with van der Waals surface area (Å²) in [6.07, 6.45) is -1.01. The Kier molecular flexibility index (Phi) is 9.22. The van der Waals surface area contributed by atoms with Gasteiger partial charge in [-0.15, -0.1) is 10.1 Å². The first-order chi connectivity index (χ1) is 16.0. The number of methoxy groups -OCH3 is 4. The van der Waals surface area contributed by atoms with Gasteiger partial charge < -0.3 is 18.9 Å². The van der Waals surface area contributed by atoms with Crippen LogP contribution in [0.3, 0.4) is 0 Å². The normalized spacial score (nSPS) is 19.1. The van der Waals surface area contributed by atoms with Crippen LogP contribution in [-0.2, 0) is 25.5 Å². The second kappa shape index (κ2) is 12.1. The zero-order chi connectivity index (χ0) is 23.8. The fourth-order valence-electron chi connectivity index (χ4n) is 4.03. The Hall–Kier alpha value is -2.49. The van der Waals surface area contributed by atoms with Crippen LogP contribution in [0.5, 0.6) is 0 Å². The maximum absolute atomic E-state index is 5.79. The quantitative estimate of drug-likeness (QED) is 0.375. The Morgan fingerprint density at radius 2 is 1.48 bits per heavy atom. The molecule has 0 aliphatic carbocycles. The highest BCUT2D eigenvalue weighted by Gasteiger charge is 2.46. The van der Waals surface area contributed by atoms with Crippen LogP contribution in [0.15, 0.2) is 60.7 Å². The van der Waals surface area contributed by atoms with Gasteiger partial charge in [-0.05, 0) is 25.0 Å². The first-order valence-electron chi connectivity index (χ1n) is 11.2. The summed E-state index contributed by atoms with van der Waals surface area (Å²) < 4.78 is 25.0. The third-order valence-corrected chi connectivity index (χ3v) is 5.98. The number of hydrazine groups is 2. The molecule has 2 aromatic carbocycles. The van der Waals surface area contributed by atoms with Crippen molar-refractivity contribution in [1.82, 2.24) is 15.9 Å². The number of hydrazone groups is 1. The Labute approximate surface area is 197 Å². The van der Waals surface area contributed by atoms with E-state index in [0.717, 1.165) is 11.4 Å². The van der Waals surface area contributed by atoms with Gasteiger partial charge in [0.2, 0.25) is 6.17 Å². The molecular formula is C25H37N4O4+. The van der Waals surface area contributed by atoms with E-state index in [2.05, 4.69) is 44.8 Å². The Balaban J connectivity index is 2.06. The minimum Gasteiger partial charge on any atom is -0.376 e. The first kappa shape index (κ1) is 25.1. The molecule has 0 aromatic heterocycles. The van der Waals surface area contributed by atoms with Gasteiger partial charge in [0.1, 0.15) is 18.7 Å². The Morgan fingerprint density at radius 1 is 0.879 bits per heavy atom. The molecule has 2 aromatic rings. The molecule has 1 aliphatic rings. The topological polar surface area (TPSA) is 67.2 Å². The molecule has 0 saturated carbocycles. The summed E-state index contributed by atoms with van der Waals surface area (Å²) in [6.45, 7) is 4.74. The van der Waals surface area contributed by atoms with Crippen molar-refractivity contribution in [3.05, 3.63) is 71.8 Å². The number of hydrogen-bond donors (Lipinski definition) is 2. The molecule has 33 heavy (non-hydrogen) atoms. The summed E-state index contributed by atoms with van der Waals surface area (Å²) in [4.78, 5) is 0. The lowest BCUT2D eigenvalue weighted by Gasteiger charge is -2.28. The molecule has 0 bridgehead atoms. The molecular weight excluding hydrogens is 420 g/mol. The number of hydrogen-bond acceptors (Lipinski definition) is 7. The molecule has 1 aliphatic heterocycles. The van der Waals surface area contributed by atoms with E-state index in [0.29, 0.717) is 6.54 Å². The molecule has 2 N–H and O–H groups in total. The molecule has 0 amide bonds. The van der Waals surface area contributed by atoms with Crippen LogP contribution in [0.1, 0.15) is 31.0 Å². The van der Waals surface area contributed by atoms with E-state index in [1.807, 2.05) is 50.2 Å². The fourth-order valence-corrected chi connectivity index (χ4v) is 4.03. The largest absolute Gasteiger partial charge is 0.376 e. The molecule has 8 heteroatoms. The third kappa shape index (κ3) is 5.90. The van der Waals surface area contributed by atoms with Gasteiger partial charge in [-0.1, -0.05) is 60.7 Å². The lowest BCUT2D eigenvalue weighted by atomic mass is 10.1. The summed E-state index contributed by atoms with van der Waals surface area (Å²) in [5.41, 5.74) is 9.50. The number of nitrogens with one attached hydrogen (secondary N) is 2. The third-order valence-electron chi connectivity index (χ3n) is 5.98. The van der Waals surface area contributed by atoms with Crippen LogP contribution in [0.4, 0.5) is 0 Å². The van der Waals surface area contributed by atoms with Crippen LogP contribution >= 0.6 is 0 Å². The Bertz CT molecular complexity index is 876. The van der Waals surface area contributed by atoms with Gasteiger partial charge in [0.15, 0.2) is 12.4 Å². The zero-order valence-corrected chi connectivity index (χ0v) is 20.4. The lowest BCUT2D eigenvalue weighted by molar-refractivity contribution is -0.637. The van der Waals surface area contributed by atoms with Crippen molar-refractivity contribution in [1.29, 1.82) is 0 Å². The molecule has 8 nitrogen and oxygen atoms in total. The summed E-state index contributed by atoms with van der Waals surface area (Å²) in [5.74, 6) is 0.946. The molecule has 0 spiro atoms. The van der Waals surface area contributed by atoms with Crippen molar-refractivity contribution in [3.8, 4) is 0 Å². The highest BCUT2D eigenvalue weighted by Crippen LogP contribution is 2.23. The van der Waals surface area contributed by atoms with E-state index >= 15 is 0 Å². The van der Waals surface area contributed by atoms with Crippen molar-refractivity contribution in [3.63, 3.8) is 0 Å². The van der Waals surface area contributed by atoms with Gasteiger partial charge in [0.25, 0.3) is 0 Å². The van der Waals surface area contributed by atoms with E-state index in [1.165, 1.54) is 5.56 Å². The lowest BCUT2D eigenvalue weighted by Crippen LogP contribution is -2.52. The van der Waals surface area contributed by atoms with Crippen molar-refractivity contribution in [2.75, 3.05) is 28.4 Å². The minimum atomic E-state index is -0.506. The molecule has 4 atom stereocenters. The molecule has 0 saturated heterocycles. The van der Waals surface area contributed by atoms with Gasteiger partial charge >= 0.3 is 5.84 Å². The fraction of sp³-hybridized carbons (Fsp3) is 0.480. The minimum absolute atomic E-state index is 0.128. The van der Waals surface area contributed by atoms with E-state index in [-0.39, 0.29) is 24.4 Å². The monoisotopic (exact) mass is 457 g/mol. The van der Waals surface area contributed by atoms with E-state index in [1.54, 1.807) is 28.4 Å². The van der Waals surface area contributed by atoms with Gasteiger partial charge in [0.05, 0.1) is 0 Å². The van der Waals surface area contributed by atoms with E-state index in [9.17, 15) is 0 Å². The maximum atomic E-state index is 5.79. The van der Waals surface area contributed by atoms with Crippen LogP contribution in [0.25, 0.3) is 0 Å². The molecule has 1 unspecified atom stereocenters. The van der Waals surface area contributed by atoms with E-state index in [4.69, 9.17) is 18.9 Å². The average molecular weight is 458 g/mol. The second-order valence-electron chi connectivity index (χ2n) is 8.05. The highest BCUT2D eigenvalue weighted by atomic mass is 16.7. The predicted octanol–water partition coefficient (Wildman–Crippen LogP) is 2.68. The smallest absolute Gasteiger partial charge is 0.319 e. The molecule has 1 heterocycles. The number of benzene rings is 2. The van der Waals surface area contributed by atoms with Gasteiger partial charge in [-0.2, -0.15) is 5.01 Å². The van der Waals surface area contributed by atoms with Crippen molar-refractivity contribution >= 4 is 5.84 Å². The Morgan fingerprint density at radius 3 is 2.03 bits per heavy atom. The molecule has 0 fully saturated rings. The SMILES string of the molecule is COC(OC)[C@H](N[N+]1=C([C@H](C)OC)N(Cc2ccccc2)NC1[C@H](C)OC)c1ccccc1. The predicted molar refractivity (Wildman–Crippen MR) is 127 cm³/mol. The molecule has 0 radical (unpaired) electrons. The van der Waals surface area contributed by atoms with Crippen LogP contribution in [0, 0.1) is 0 Å². The average Bonchev–Trinajstić information content (AvgIpc) is 3.21. The summed E-state index contributed by atoms with van der Waals surface area (Å²) in [7, 11) is 6.72. The number of amidine groups is 1. The standard InChI is InChI=1S/C25H37N4O4/c1-18(30-3)23-27-28(17-20-13-9-7-10-14-20)24(19(2)31-4)29(23)26-22(25(32-5)33-6)21-15-11-8-12-16-21/h7-16,18-19,22-23,25-27H,17H2,1-6H3/q+1/t18-,19-,22+,23?/m0/s1. The number of nitrogens with zero attached hydrogens (tertiary/aromatic N) is 2. The first-order valence-corrected chi connectivity index (χ1v) is 11.2. The summed E-state index contributed by atoms with van der Waals surface area (Å²) in [5, 5.41) is 2.12. The van der Waals surface area contributed by atoms with Crippen LogP contribution in [-0.4, -0.2) is 68.6 Å². The van der Waals surface area contributed by atoms with Gasteiger partial charge in [-0.3, -0.25) is 0 Å². The maximum Gasteiger partial charge on any atom is 0.319 e. The van der Waals surface area contributed by atoms with Gasteiger partial charge in [0, 0.05) is 28.4 Å². The summed E-state index contributed by atoms with van der Waals surface area (Å²) in [6, 6.07) is 20.2. The van der Waals surface area contributed by atoms with E-state index < -0.39 is 6.29 Å². The molecule has 180 valence electrons.